The Bertz CT molecular complexity index is 776. The van der Waals surface area contributed by atoms with E-state index in [1.54, 1.807) is 24.5 Å². The molecule has 0 saturated carbocycles. The lowest BCUT2D eigenvalue weighted by Gasteiger charge is -2.05. The van der Waals surface area contributed by atoms with Gasteiger partial charge in [0.15, 0.2) is 23.3 Å². The summed E-state index contributed by atoms with van der Waals surface area (Å²) in [6.45, 7) is 0. The Kier molecular flexibility index (Phi) is 3.09. The number of nitrogens with two attached hydrogens (primary N) is 1. The van der Waals surface area contributed by atoms with Crippen LogP contribution < -0.4 is 5.73 Å². The molecule has 7 heteroatoms. The van der Waals surface area contributed by atoms with Gasteiger partial charge in [-0.05, 0) is 18.2 Å². The zero-order valence-electron chi connectivity index (χ0n) is 10.6. The molecule has 0 fully saturated rings. The van der Waals surface area contributed by atoms with Crippen LogP contribution in [0.3, 0.4) is 0 Å². The van der Waals surface area contributed by atoms with Gasteiger partial charge in [0.2, 0.25) is 0 Å². The van der Waals surface area contributed by atoms with Gasteiger partial charge < -0.3 is 5.73 Å². The summed E-state index contributed by atoms with van der Waals surface area (Å²) >= 11 is 0. The predicted octanol–water partition coefficient (Wildman–Crippen LogP) is 3.14. The first-order chi connectivity index (χ1) is 10.1. The highest BCUT2D eigenvalue weighted by Crippen LogP contribution is 2.35. The van der Waals surface area contributed by atoms with Crippen LogP contribution in [0.2, 0.25) is 0 Å². The number of nitrogen functional groups attached to an aromatic ring is 1. The summed E-state index contributed by atoms with van der Waals surface area (Å²) < 4.78 is 39.8. The molecule has 0 amide bonds. The van der Waals surface area contributed by atoms with Gasteiger partial charge in [-0.15, -0.1) is 0 Å². The Labute approximate surface area is 117 Å². The molecule has 4 nitrogen and oxygen atoms in total. The van der Waals surface area contributed by atoms with Crippen molar-refractivity contribution in [2.24, 2.45) is 0 Å². The molecule has 106 valence electrons. The monoisotopic (exact) mass is 290 g/mol. The SMILES string of the molecule is Nc1n[nH]c(-c2cc(F)c(F)c(F)c2)c1-c1cccnc1. The van der Waals surface area contributed by atoms with Gasteiger partial charge in [0.1, 0.15) is 0 Å². The normalized spacial score (nSPS) is 10.8. The highest BCUT2D eigenvalue weighted by atomic mass is 19.2. The van der Waals surface area contributed by atoms with Crippen LogP contribution in [-0.2, 0) is 0 Å². The second-order valence-electron chi connectivity index (χ2n) is 4.35. The van der Waals surface area contributed by atoms with E-state index in [0.29, 0.717) is 16.8 Å². The zero-order chi connectivity index (χ0) is 15.0. The fourth-order valence-electron chi connectivity index (χ4n) is 2.07. The van der Waals surface area contributed by atoms with E-state index < -0.39 is 17.5 Å². The number of nitrogens with zero attached hydrogens (tertiary/aromatic N) is 2. The standard InChI is InChI=1S/C14H9F3N4/c15-9-4-8(5-10(16)12(9)17)13-11(14(18)21-20-13)7-2-1-3-19-6-7/h1-6H,(H3,18,20,21). The van der Waals surface area contributed by atoms with Crippen molar-refractivity contribution in [3.63, 3.8) is 0 Å². The third kappa shape index (κ3) is 2.22. The number of rotatable bonds is 2. The molecule has 0 aliphatic carbocycles. The molecule has 3 N–H and O–H groups in total. The van der Waals surface area contributed by atoms with Crippen molar-refractivity contribution in [2.45, 2.75) is 0 Å². The highest BCUT2D eigenvalue weighted by molar-refractivity contribution is 5.87. The molecule has 3 aromatic rings. The first-order valence-corrected chi connectivity index (χ1v) is 5.97. The van der Waals surface area contributed by atoms with Gasteiger partial charge in [-0.2, -0.15) is 5.10 Å². The Morgan fingerprint density at radius 1 is 1.05 bits per heavy atom. The summed E-state index contributed by atoms with van der Waals surface area (Å²) in [6, 6.07) is 5.18. The van der Waals surface area contributed by atoms with E-state index in [-0.39, 0.29) is 11.4 Å². The number of halogens is 3. The van der Waals surface area contributed by atoms with E-state index in [2.05, 4.69) is 15.2 Å². The van der Waals surface area contributed by atoms with Crippen LogP contribution in [0.1, 0.15) is 0 Å². The van der Waals surface area contributed by atoms with Crippen molar-refractivity contribution in [3.05, 3.63) is 54.1 Å². The molecule has 21 heavy (non-hydrogen) atoms. The summed E-state index contributed by atoms with van der Waals surface area (Å²) in [5.74, 6) is -3.93. The zero-order valence-corrected chi connectivity index (χ0v) is 10.6. The minimum absolute atomic E-state index is 0.106. The number of benzene rings is 1. The summed E-state index contributed by atoms with van der Waals surface area (Å²) in [4.78, 5) is 3.96. The maximum Gasteiger partial charge on any atom is 0.194 e. The molecule has 0 unspecified atom stereocenters. The van der Waals surface area contributed by atoms with Gasteiger partial charge in [-0.3, -0.25) is 10.1 Å². The Morgan fingerprint density at radius 3 is 2.38 bits per heavy atom. The van der Waals surface area contributed by atoms with E-state index in [1.165, 1.54) is 0 Å². The van der Waals surface area contributed by atoms with Crippen molar-refractivity contribution in [2.75, 3.05) is 5.73 Å². The van der Waals surface area contributed by atoms with E-state index >= 15 is 0 Å². The number of aromatic amines is 1. The molecule has 0 aliphatic heterocycles. The minimum Gasteiger partial charge on any atom is -0.382 e. The van der Waals surface area contributed by atoms with Crippen molar-refractivity contribution in [1.29, 1.82) is 0 Å². The first-order valence-electron chi connectivity index (χ1n) is 5.97. The lowest BCUT2D eigenvalue weighted by Crippen LogP contribution is -1.93. The van der Waals surface area contributed by atoms with Gasteiger partial charge in [0.05, 0.1) is 11.3 Å². The lowest BCUT2D eigenvalue weighted by atomic mass is 10.0. The van der Waals surface area contributed by atoms with Crippen LogP contribution in [0.15, 0.2) is 36.7 Å². The molecule has 0 radical (unpaired) electrons. The van der Waals surface area contributed by atoms with Gasteiger partial charge in [-0.1, -0.05) is 6.07 Å². The molecule has 0 bridgehead atoms. The summed E-state index contributed by atoms with van der Waals surface area (Å²) in [5, 5.41) is 6.44. The van der Waals surface area contributed by atoms with E-state index in [0.717, 1.165) is 12.1 Å². The van der Waals surface area contributed by atoms with Gasteiger partial charge in [0, 0.05) is 23.5 Å². The van der Waals surface area contributed by atoms with Crippen LogP contribution >= 0.6 is 0 Å². The second kappa shape index (κ2) is 4.93. The highest BCUT2D eigenvalue weighted by Gasteiger charge is 2.18. The fourth-order valence-corrected chi connectivity index (χ4v) is 2.07. The largest absolute Gasteiger partial charge is 0.382 e. The smallest absolute Gasteiger partial charge is 0.194 e. The average molecular weight is 290 g/mol. The molecular formula is C14H9F3N4. The average Bonchev–Trinajstić information content (AvgIpc) is 2.87. The third-order valence-electron chi connectivity index (χ3n) is 3.02. The lowest BCUT2D eigenvalue weighted by molar-refractivity contribution is 0.447. The van der Waals surface area contributed by atoms with E-state index in [9.17, 15) is 13.2 Å². The molecule has 3 rings (SSSR count). The van der Waals surface area contributed by atoms with Gasteiger partial charge in [-0.25, -0.2) is 13.2 Å². The minimum atomic E-state index is -1.52. The first kappa shape index (κ1) is 13.2. The van der Waals surface area contributed by atoms with Crippen molar-refractivity contribution in [3.8, 4) is 22.4 Å². The number of hydrogen-bond donors (Lipinski definition) is 2. The van der Waals surface area contributed by atoms with Crippen LogP contribution in [0.25, 0.3) is 22.4 Å². The van der Waals surface area contributed by atoms with E-state index in [4.69, 9.17) is 5.73 Å². The molecule has 0 atom stereocenters. The van der Waals surface area contributed by atoms with Gasteiger partial charge in [0.25, 0.3) is 0 Å². The molecule has 0 aliphatic rings. The third-order valence-corrected chi connectivity index (χ3v) is 3.02. The Morgan fingerprint density at radius 2 is 1.76 bits per heavy atom. The molecule has 0 saturated heterocycles. The molecular weight excluding hydrogens is 281 g/mol. The Hall–Kier alpha value is -2.83. The number of anilines is 1. The maximum absolute atomic E-state index is 13.4. The predicted molar refractivity (Wildman–Crippen MR) is 71.5 cm³/mol. The summed E-state index contributed by atoms with van der Waals surface area (Å²) in [7, 11) is 0. The van der Waals surface area contributed by atoms with Crippen molar-refractivity contribution >= 4 is 5.82 Å². The number of pyridine rings is 1. The van der Waals surface area contributed by atoms with Crippen molar-refractivity contribution in [1.82, 2.24) is 15.2 Å². The second-order valence-corrected chi connectivity index (χ2v) is 4.35. The molecule has 1 aromatic carbocycles. The van der Waals surface area contributed by atoms with Crippen LogP contribution in [0.5, 0.6) is 0 Å². The number of nitrogens with one attached hydrogen (secondary N) is 1. The summed E-state index contributed by atoms with van der Waals surface area (Å²) in [6.07, 6.45) is 3.12. The Balaban J connectivity index is 2.21. The van der Waals surface area contributed by atoms with Crippen LogP contribution in [0, 0.1) is 17.5 Å². The quantitative estimate of drug-likeness (QED) is 0.712. The fraction of sp³-hybridized carbons (Fsp3) is 0. The topological polar surface area (TPSA) is 67.6 Å². The van der Waals surface area contributed by atoms with Crippen molar-refractivity contribution < 1.29 is 13.2 Å². The maximum atomic E-state index is 13.4. The van der Waals surface area contributed by atoms with Crippen LogP contribution in [0.4, 0.5) is 19.0 Å². The number of H-pyrrole nitrogens is 1. The summed E-state index contributed by atoms with van der Waals surface area (Å²) in [5.41, 5.74) is 7.26. The van der Waals surface area contributed by atoms with Gasteiger partial charge >= 0.3 is 0 Å². The number of aromatic nitrogens is 3. The molecule has 2 aromatic heterocycles. The van der Waals surface area contributed by atoms with E-state index in [1.807, 2.05) is 0 Å². The molecule has 0 spiro atoms. The number of hydrogen-bond acceptors (Lipinski definition) is 3. The molecule has 2 heterocycles. The van der Waals surface area contributed by atoms with Crippen LogP contribution in [-0.4, -0.2) is 15.2 Å².